The molecule has 21 heavy (non-hydrogen) atoms. The van der Waals surface area contributed by atoms with E-state index in [2.05, 4.69) is 0 Å². The molecule has 0 saturated heterocycles. The highest BCUT2D eigenvalue weighted by atomic mass is 16.4. The number of ketones is 2. The Hall–Kier alpha value is -2.37. The van der Waals surface area contributed by atoms with E-state index in [0.29, 0.717) is 18.5 Å². The number of carbonyl (C=O) groups excluding carboxylic acids is 2. The Kier molecular flexibility index (Phi) is 2.79. The van der Waals surface area contributed by atoms with Gasteiger partial charge in [0.05, 0.1) is 11.6 Å². The SMILES string of the molecule is C[C@H](CC(=O)C1=C(O)c2cccn2C2(CC2)C1=O)C(=O)O. The average molecular weight is 289 g/mol. The molecule has 0 amide bonds. The van der Waals surface area contributed by atoms with Crippen LogP contribution in [0.2, 0.25) is 0 Å². The molecule has 1 aliphatic heterocycles. The number of aliphatic hydroxyl groups is 1. The van der Waals surface area contributed by atoms with Crippen molar-refractivity contribution in [3.8, 4) is 0 Å². The third kappa shape index (κ3) is 1.82. The number of carboxylic acids is 1. The van der Waals surface area contributed by atoms with E-state index in [0.717, 1.165) is 0 Å². The van der Waals surface area contributed by atoms with Gasteiger partial charge in [-0.2, -0.15) is 0 Å². The lowest BCUT2D eigenvalue weighted by Gasteiger charge is -2.26. The molecular formula is C15H15NO5. The van der Waals surface area contributed by atoms with Gasteiger partial charge in [0.2, 0.25) is 0 Å². The van der Waals surface area contributed by atoms with Gasteiger partial charge in [0, 0.05) is 12.6 Å². The molecule has 1 fully saturated rings. The molecular weight excluding hydrogens is 274 g/mol. The zero-order valence-corrected chi connectivity index (χ0v) is 11.5. The quantitative estimate of drug-likeness (QED) is 0.819. The van der Waals surface area contributed by atoms with Gasteiger partial charge in [0.1, 0.15) is 11.1 Å². The number of nitrogens with zero attached hydrogens (tertiary/aromatic N) is 1. The Bertz CT molecular complexity index is 693. The first-order valence-electron chi connectivity index (χ1n) is 6.81. The van der Waals surface area contributed by atoms with E-state index in [4.69, 9.17) is 5.11 Å². The monoisotopic (exact) mass is 289 g/mol. The molecule has 6 heteroatoms. The van der Waals surface area contributed by atoms with E-state index in [9.17, 15) is 19.5 Å². The minimum absolute atomic E-state index is 0.244. The van der Waals surface area contributed by atoms with E-state index in [-0.39, 0.29) is 17.8 Å². The van der Waals surface area contributed by atoms with Crippen LogP contribution in [0.1, 0.15) is 31.9 Å². The van der Waals surface area contributed by atoms with E-state index in [1.807, 2.05) is 0 Å². The van der Waals surface area contributed by atoms with Crippen molar-refractivity contribution in [3.63, 3.8) is 0 Å². The molecule has 2 N–H and O–H groups in total. The topological polar surface area (TPSA) is 96.6 Å². The molecule has 0 bridgehead atoms. The lowest BCUT2D eigenvalue weighted by molar-refractivity contribution is -0.143. The van der Waals surface area contributed by atoms with E-state index in [1.54, 1.807) is 22.9 Å². The molecule has 1 aliphatic carbocycles. The van der Waals surface area contributed by atoms with Crippen LogP contribution in [0.4, 0.5) is 0 Å². The van der Waals surface area contributed by atoms with Crippen molar-refractivity contribution >= 4 is 23.3 Å². The van der Waals surface area contributed by atoms with Crippen molar-refractivity contribution in [2.24, 2.45) is 5.92 Å². The molecule has 0 unspecified atom stereocenters. The summed E-state index contributed by atoms with van der Waals surface area (Å²) in [5.74, 6) is -3.34. The number of hydrogen-bond donors (Lipinski definition) is 2. The normalized spacial score (nSPS) is 20.3. The predicted molar refractivity (Wildman–Crippen MR) is 72.6 cm³/mol. The summed E-state index contributed by atoms with van der Waals surface area (Å²) >= 11 is 0. The molecule has 110 valence electrons. The zero-order valence-electron chi connectivity index (χ0n) is 11.5. The summed E-state index contributed by atoms with van der Waals surface area (Å²) in [5, 5.41) is 19.1. The molecule has 1 aromatic rings. The van der Waals surface area contributed by atoms with Gasteiger partial charge in [0.25, 0.3) is 0 Å². The molecule has 0 radical (unpaired) electrons. The number of hydrogen-bond acceptors (Lipinski definition) is 4. The third-order valence-corrected chi connectivity index (χ3v) is 4.25. The highest BCUT2D eigenvalue weighted by Crippen LogP contribution is 2.51. The molecule has 3 rings (SSSR count). The van der Waals surface area contributed by atoms with Gasteiger partial charge in [-0.05, 0) is 25.0 Å². The van der Waals surface area contributed by atoms with Crippen LogP contribution in [-0.4, -0.2) is 32.3 Å². The second-order valence-corrected chi connectivity index (χ2v) is 5.71. The fraction of sp³-hybridized carbons (Fsp3) is 0.400. The Morgan fingerprint density at radius 3 is 2.67 bits per heavy atom. The highest BCUT2D eigenvalue weighted by molar-refractivity contribution is 6.28. The standard InChI is InChI=1S/C15H15NO5/c1-8(14(20)21)7-10(17)11-12(18)9-3-2-6-16(9)15(4-5-15)13(11)19/h2-3,6,8,18H,4-5,7H2,1H3,(H,20,21)/t8-/m1/s1. The van der Waals surface area contributed by atoms with Crippen LogP contribution in [0.3, 0.4) is 0 Å². The van der Waals surface area contributed by atoms with E-state index >= 15 is 0 Å². The molecule has 0 aromatic carbocycles. The van der Waals surface area contributed by atoms with Gasteiger partial charge in [-0.15, -0.1) is 0 Å². The maximum Gasteiger partial charge on any atom is 0.306 e. The van der Waals surface area contributed by atoms with Crippen molar-refractivity contribution in [2.75, 3.05) is 0 Å². The van der Waals surface area contributed by atoms with Crippen LogP contribution >= 0.6 is 0 Å². The summed E-state index contributed by atoms with van der Waals surface area (Å²) in [5.41, 5.74) is -0.548. The number of carbonyl (C=O) groups is 3. The van der Waals surface area contributed by atoms with Crippen LogP contribution in [0, 0.1) is 5.92 Å². The average Bonchev–Trinajstić information content (AvgIpc) is 3.06. The van der Waals surface area contributed by atoms with Crippen LogP contribution in [0.5, 0.6) is 0 Å². The molecule has 1 atom stereocenters. The first-order chi connectivity index (χ1) is 9.88. The fourth-order valence-electron chi connectivity index (χ4n) is 2.84. The van der Waals surface area contributed by atoms with Crippen LogP contribution in [0.25, 0.3) is 5.76 Å². The lowest BCUT2D eigenvalue weighted by atomic mass is 9.89. The maximum atomic E-state index is 12.6. The van der Waals surface area contributed by atoms with E-state index < -0.39 is 29.0 Å². The third-order valence-electron chi connectivity index (χ3n) is 4.25. The molecule has 6 nitrogen and oxygen atoms in total. The number of aliphatic hydroxyl groups excluding tert-OH is 1. The number of Topliss-reactive ketones (excluding diaryl/α,β-unsaturated/α-hetero) is 2. The summed E-state index contributed by atoms with van der Waals surface area (Å²) in [4.78, 5) is 35.7. The van der Waals surface area contributed by atoms with Crippen molar-refractivity contribution in [2.45, 2.75) is 31.7 Å². The Morgan fingerprint density at radius 1 is 1.43 bits per heavy atom. The van der Waals surface area contributed by atoms with Crippen LogP contribution in [0.15, 0.2) is 23.9 Å². The number of aromatic nitrogens is 1. The minimum Gasteiger partial charge on any atom is -0.505 e. The van der Waals surface area contributed by atoms with Crippen molar-refractivity contribution < 1.29 is 24.6 Å². The smallest absolute Gasteiger partial charge is 0.306 e. The molecule has 2 aliphatic rings. The summed E-state index contributed by atoms with van der Waals surface area (Å²) in [7, 11) is 0. The predicted octanol–water partition coefficient (Wildman–Crippen LogP) is 1.51. The van der Waals surface area contributed by atoms with Crippen molar-refractivity contribution in [3.05, 3.63) is 29.6 Å². The Balaban J connectivity index is 2.02. The van der Waals surface area contributed by atoms with Gasteiger partial charge < -0.3 is 14.8 Å². The Labute approximate surface area is 120 Å². The molecule has 1 saturated carbocycles. The second kappa shape index (κ2) is 4.31. The number of aliphatic carboxylic acids is 1. The van der Waals surface area contributed by atoms with Crippen LogP contribution in [-0.2, 0) is 19.9 Å². The first-order valence-corrected chi connectivity index (χ1v) is 6.81. The maximum absolute atomic E-state index is 12.6. The number of rotatable bonds is 4. The van der Waals surface area contributed by atoms with Gasteiger partial charge >= 0.3 is 5.97 Å². The second-order valence-electron chi connectivity index (χ2n) is 5.71. The van der Waals surface area contributed by atoms with Crippen molar-refractivity contribution in [1.82, 2.24) is 4.57 Å². The van der Waals surface area contributed by atoms with Crippen LogP contribution < -0.4 is 0 Å². The summed E-state index contributed by atoms with van der Waals surface area (Å²) < 4.78 is 1.71. The van der Waals surface area contributed by atoms with Gasteiger partial charge in [-0.1, -0.05) is 6.92 Å². The number of allylic oxidation sites excluding steroid dienone is 1. The fourth-order valence-corrected chi connectivity index (χ4v) is 2.84. The largest absolute Gasteiger partial charge is 0.505 e. The minimum atomic E-state index is -1.10. The summed E-state index contributed by atoms with van der Waals surface area (Å²) in [6.45, 7) is 1.40. The zero-order chi connectivity index (χ0) is 15.4. The summed E-state index contributed by atoms with van der Waals surface area (Å²) in [6.07, 6.45) is 2.69. The van der Waals surface area contributed by atoms with Gasteiger partial charge in [-0.3, -0.25) is 14.4 Å². The van der Waals surface area contributed by atoms with Crippen molar-refractivity contribution in [1.29, 1.82) is 0 Å². The Morgan fingerprint density at radius 2 is 2.10 bits per heavy atom. The molecule has 1 spiro atoms. The molecule has 1 aromatic heterocycles. The highest BCUT2D eigenvalue weighted by Gasteiger charge is 2.57. The lowest BCUT2D eigenvalue weighted by Crippen LogP contribution is -2.37. The van der Waals surface area contributed by atoms with Gasteiger partial charge in [-0.25, -0.2) is 0 Å². The molecule has 2 heterocycles. The summed E-state index contributed by atoms with van der Waals surface area (Å²) in [6, 6.07) is 3.36. The van der Waals surface area contributed by atoms with Gasteiger partial charge in [0.15, 0.2) is 17.3 Å². The van der Waals surface area contributed by atoms with E-state index in [1.165, 1.54) is 6.92 Å². The number of carboxylic acid groups (broad SMARTS) is 1. The first kappa shape index (κ1) is 13.6. The number of fused-ring (bicyclic) bond motifs is 2.